The first-order chi connectivity index (χ1) is 7.79. The smallest absolute Gasteiger partial charge is 0.0406 e. The van der Waals surface area contributed by atoms with Gasteiger partial charge < -0.3 is 5.32 Å². The summed E-state index contributed by atoms with van der Waals surface area (Å²) in [5.74, 6) is 0. The lowest BCUT2D eigenvalue weighted by molar-refractivity contribution is 0.438. The van der Waals surface area contributed by atoms with Crippen molar-refractivity contribution in [1.82, 2.24) is 5.32 Å². The minimum Gasteiger partial charge on any atom is -0.307 e. The Hall–Kier alpha value is -0.790. The molecule has 0 radical (unpaired) electrons. The van der Waals surface area contributed by atoms with E-state index in [0.717, 1.165) is 24.3 Å². The van der Waals surface area contributed by atoms with Gasteiger partial charge in [-0.3, -0.25) is 0 Å². The van der Waals surface area contributed by atoms with E-state index in [2.05, 4.69) is 36.5 Å². The highest BCUT2D eigenvalue weighted by molar-refractivity contribution is 6.30. The summed E-state index contributed by atoms with van der Waals surface area (Å²) in [6.07, 6.45) is 7.94. The van der Waals surface area contributed by atoms with Crippen LogP contribution < -0.4 is 5.32 Å². The fourth-order valence-corrected chi connectivity index (χ4v) is 2.31. The van der Waals surface area contributed by atoms with Gasteiger partial charge in [0.2, 0.25) is 0 Å². The molecular formula is C14H18ClN. The van der Waals surface area contributed by atoms with Gasteiger partial charge in [0.1, 0.15) is 0 Å². The van der Waals surface area contributed by atoms with E-state index in [1.807, 2.05) is 12.1 Å². The molecule has 0 spiro atoms. The molecule has 0 saturated heterocycles. The number of benzene rings is 1. The largest absolute Gasteiger partial charge is 0.307 e. The van der Waals surface area contributed by atoms with E-state index in [0.29, 0.717) is 12.1 Å². The molecule has 0 saturated carbocycles. The third-order valence-corrected chi connectivity index (χ3v) is 3.38. The fourth-order valence-electron chi connectivity index (χ4n) is 2.18. The van der Waals surface area contributed by atoms with Crippen LogP contribution in [-0.4, -0.2) is 6.04 Å². The molecular weight excluding hydrogens is 218 g/mol. The van der Waals surface area contributed by atoms with Crippen molar-refractivity contribution in [3.8, 4) is 0 Å². The zero-order valence-corrected chi connectivity index (χ0v) is 10.4. The molecule has 0 bridgehead atoms. The molecule has 2 rings (SSSR count). The Balaban J connectivity index is 2.01. The monoisotopic (exact) mass is 235 g/mol. The molecule has 1 aliphatic rings. The van der Waals surface area contributed by atoms with Gasteiger partial charge >= 0.3 is 0 Å². The van der Waals surface area contributed by atoms with Gasteiger partial charge in [-0.25, -0.2) is 0 Å². The highest BCUT2D eigenvalue weighted by Gasteiger charge is 2.16. The van der Waals surface area contributed by atoms with Gasteiger partial charge in [0.15, 0.2) is 0 Å². The van der Waals surface area contributed by atoms with E-state index < -0.39 is 0 Å². The van der Waals surface area contributed by atoms with Crippen LogP contribution in [-0.2, 0) is 0 Å². The van der Waals surface area contributed by atoms with Crippen molar-refractivity contribution in [3.63, 3.8) is 0 Å². The summed E-state index contributed by atoms with van der Waals surface area (Å²) in [6.45, 7) is 2.22. The summed E-state index contributed by atoms with van der Waals surface area (Å²) in [5, 5.41) is 4.50. The summed E-state index contributed by atoms with van der Waals surface area (Å²) >= 11 is 5.90. The van der Waals surface area contributed by atoms with Crippen molar-refractivity contribution in [2.45, 2.75) is 38.3 Å². The van der Waals surface area contributed by atoms with E-state index in [1.54, 1.807) is 0 Å². The topological polar surface area (TPSA) is 12.0 Å². The van der Waals surface area contributed by atoms with Crippen molar-refractivity contribution in [2.24, 2.45) is 0 Å². The quantitative estimate of drug-likeness (QED) is 0.775. The average molecular weight is 236 g/mol. The minimum atomic E-state index is 0.446. The van der Waals surface area contributed by atoms with E-state index in [4.69, 9.17) is 11.6 Å². The van der Waals surface area contributed by atoms with Crippen LogP contribution >= 0.6 is 11.6 Å². The molecule has 2 heteroatoms. The van der Waals surface area contributed by atoms with Crippen LogP contribution in [0.25, 0.3) is 0 Å². The van der Waals surface area contributed by atoms with E-state index in [-0.39, 0.29) is 0 Å². The second-order valence-electron chi connectivity index (χ2n) is 4.32. The lowest BCUT2D eigenvalue weighted by Crippen LogP contribution is -2.30. The van der Waals surface area contributed by atoms with Crippen molar-refractivity contribution in [1.29, 1.82) is 0 Å². The fraction of sp³-hybridized carbons (Fsp3) is 0.429. The molecule has 1 aromatic rings. The Kier molecular flexibility index (Phi) is 4.03. The molecule has 0 fully saturated rings. The van der Waals surface area contributed by atoms with E-state index in [9.17, 15) is 0 Å². The molecule has 1 atom stereocenters. The number of hydrogen-bond donors (Lipinski definition) is 1. The van der Waals surface area contributed by atoms with E-state index in [1.165, 1.54) is 5.56 Å². The standard InChI is InChI=1S/C14H18ClN/c1-2-14(16-13-5-3-4-6-13)11-7-9-12(15)10-8-11/h3-4,7-10,13-14,16H,2,5-6H2,1H3. The maximum atomic E-state index is 5.90. The molecule has 0 heterocycles. The third kappa shape index (κ3) is 2.87. The van der Waals surface area contributed by atoms with E-state index >= 15 is 0 Å². The van der Waals surface area contributed by atoms with Crippen LogP contribution in [0.5, 0.6) is 0 Å². The van der Waals surface area contributed by atoms with Crippen LogP contribution in [0.3, 0.4) is 0 Å². The van der Waals surface area contributed by atoms with Gasteiger partial charge in [-0.2, -0.15) is 0 Å². The Morgan fingerprint density at radius 3 is 2.44 bits per heavy atom. The molecule has 1 nitrogen and oxygen atoms in total. The minimum absolute atomic E-state index is 0.446. The summed E-state index contributed by atoms with van der Waals surface area (Å²) in [6, 6.07) is 9.22. The molecule has 86 valence electrons. The highest BCUT2D eigenvalue weighted by Crippen LogP contribution is 2.22. The third-order valence-electron chi connectivity index (χ3n) is 3.13. The summed E-state index contributed by atoms with van der Waals surface area (Å²) in [5.41, 5.74) is 1.33. The predicted octanol–water partition coefficient (Wildman–Crippen LogP) is 4.10. The van der Waals surface area contributed by atoms with Crippen molar-refractivity contribution in [2.75, 3.05) is 0 Å². The molecule has 1 aliphatic carbocycles. The first-order valence-electron chi connectivity index (χ1n) is 5.96. The van der Waals surface area contributed by atoms with Crippen molar-refractivity contribution < 1.29 is 0 Å². The Bertz CT molecular complexity index is 348. The zero-order valence-electron chi connectivity index (χ0n) is 9.62. The predicted molar refractivity (Wildman–Crippen MR) is 69.8 cm³/mol. The molecule has 1 unspecified atom stereocenters. The first-order valence-corrected chi connectivity index (χ1v) is 6.34. The molecule has 0 amide bonds. The normalized spacial score (nSPS) is 17.9. The van der Waals surface area contributed by atoms with Crippen molar-refractivity contribution >= 4 is 11.6 Å². The van der Waals surface area contributed by atoms with Gasteiger partial charge in [0.05, 0.1) is 0 Å². The van der Waals surface area contributed by atoms with Crippen LogP contribution in [0, 0.1) is 0 Å². The number of nitrogens with one attached hydrogen (secondary N) is 1. The van der Waals surface area contributed by atoms with Crippen LogP contribution in [0.4, 0.5) is 0 Å². The first kappa shape index (κ1) is 11.7. The molecule has 1 aromatic carbocycles. The summed E-state index contributed by atoms with van der Waals surface area (Å²) < 4.78 is 0. The number of halogens is 1. The Morgan fingerprint density at radius 2 is 1.88 bits per heavy atom. The van der Waals surface area contributed by atoms with Crippen molar-refractivity contribution in [3.05, 3.63) is 47.0 Å². The second kappa shape index (κ2) is 5.51. The SMILES string of the molecule is CCC(NC1CC=CC1)c1ccc(Cl)cc1. The maximum absolute atomic E-state index is 5.90. The molecule has 0 aliphatic heterocycles. The maximum Gasteiger partial charge on any atom is 0.0406 e. The Labute approximate surface area is 103 Å². The summed E-state index contributed by atoms with van der Waals surface area (Å²) in [4.78, 5) is 0. The lowest BCUT2D eigenvalue weighted by atomic mass is 10.0. The van der Waals surface area contributed by atoms with Gasteiger partial charge in [-0.05, 0) is 37.0 Å². The Morgan fingerprint density at radius 1 is 1.25 bits per heavy atom. The van der Waals surface area contributed by atoms with Crippen LogP contribution in [0.2, 0.25) is 5.02 Å². The lowest BCUT2D eigenvalue weighted by Gasteiger charge is -2.22. The summed E-state index contributed by atoms with van der Waals surface area (Å²) in [7, 11) is 0. The number of hydrogen-bond acceptors (Lipinski definition) is 1. The molecule has 0 aromatic heterocycles. The van der Waals surface area contributed by atoms with Crippen LogP contribution in [0.15, 0.2) is 36.4 Å². The van der Waals surface area contributed by atoms with Gasteiger partial charge in [0.25, 0.3) is 0 Å². The average Bonchev–Trinajstić information content (AvgIpc) is 2.80. The molecule has 1 N–H and O–H groups in total. The van der Waals surface area contributed by atoms with Gasteiger partial charge in [-0.15, -0.1) is 0 Å². The van der Waals surface area contributed by atoms with Crippen LogP contribution in [0.1, 0.15) is 37.8 Å². The molecule has 16 heavy (non-hydrogen) atoms. The van der Waals surface area contributed by atoms with Gasteiger partial charge in [0, 0.05) is 17.1 Å². The number of rotatable bonds is 4. The van der Waals surface area contributed by atoms with Gasteiger partial charge in [-0.1, -0.05) is 42.8 Å². The second-order valence-corrected chi connectivity index (χ2v) is 4.76. The highest BCUT2D eigenvalue weighted by atomic mass is 35.5. The zero-order chi connectivity index (χ0) is 11.4.